The first kappa shape index (κ1) is 10.2. The Kier molecular flexibility index (Phi) is 3.71. The standard InChI is InChI=1S/C8H12BrNOS/c1-5-6(9)4-8(12-5)7(11)2-3-10/h4,7,11H,2-3,10H2,1H3/t7-/m1/s1. The summed E-state index contributed by atoms with van der Waals surface area (Å²) in [7, 11) is 0. The van der Waals surface area contributed by atoms with Gasteiger partial charge in [0.15, 0.2) is 0 Å². The molecule has 0 unspecified atom stereocenters. The molecule has 0 radical (unpaired) electrons. The molecule has 0 spiro atoms. The molecule has 1 aromatic heterocycles. The molecule has 0 amide bonds. The summed E-state index contributed by atoms with van der Waals surface area (Å²) in [5.41, 5.74) is 5.34. The van der Waals surface area contributed by atoms with Gasteiger partial charge in [0.25, 0.3) is 0 Å². The van der Waals surface area contributed by atoms with Gasteiger partial charge in [-0.3, -0.25) is 0 Å². The molecule has 0 fully saturated rings. The van der Waals surface area contributed by atoms with Crippen molar-refractivity contribution in [1.82, 2.24) is 0 Å². The van der Waals surface area contributed by atoms with Crippen molar-refractivity contribution >= 4 is 27.3 Å². The molecular formula is C8H12BrNOS. The van der Waals surface area contributed by atoms with Gasteiger partial charge in [-0.05, 0) is 41.9 Å². The summed E-state index contributed by atoms with van der Waals surface area (Å²) in [4.78, 5) is 2.19. The molecule has 0 aromatic carbocycles. The van der Waals surface area contributed by atoms with Gasteiger partial charge in [0.2, 0.25) is 0 Å². The first-order valence-electron chi connectivity index (χ1n) is 3.79. The van der Waals surface area contributed by atoms with Gasteiger partial charge < -0.3 is 10.8 Å². The van der Waals surface area contributed by atoms with Crippen molar-refractivity contribution in [2.75, 3.05) is 6.54 Å². The molecule has 0 aliphatic rings. The maximum atomic E-state index is 9.57. The second-order valence-corrected chi connectivity index (χ2v) is 4.79. The average molecular weight is 250 g/mol. The molecule has 0 saturated carbocycles. The molecule has 1 atom stereocenters. The van der Waals surface area contributed by atoms with Crippen LogP contribution in [-0.4, -0.2) is 11.7 Å². The maximum Gasteiger partial charge on any atom is 0.0894 e. The lowest BCUT2D eigenvalue weighted by Crippen LogP contribution is -2.05. The Labute approximate surface area is 84.5 Å². The Bertz CT molecular complexity index is 242. The SMILES string of the molecule is Cc1sc([C@H](O)CCN)cc1Br. The number of aliphatic hydroxyl groups is 1. The van der Waals surface area contributed by atoms with E-state index in [9.17, 15) is 5.11 Å². The number of aryl methyl sites for hydroxylation is 1. The van der Waals surface area contributed by atoms with E-state index in [2.05, 4.69) is 15.9 Å². The fourth-order valence-corrected chi connectivity index (χ4v) is 2.53. The summed E-state index contributed by atoms with van der Waals surface area (Å²) in [5, 5.41) is 9.57. The van der Waals surface area contributed by atoms with E-state index in [-0.39, 0.29) is 0 Å². The lowest BCUT2D eigenvalue weighted by Gasteiger charge is -2.04. The van der Waals surface area contributed by atoms with Crippen molar-refractivity contribution in [3.8, 4) is 0 Å². The lowest BCUT2D eigenvalue weighted by atomic mass is 10.2. The number of nitrogens with two attached hydrogens (primary N) is 1. The first-order valence-corrected chi connectivity index (χ1v) is 5.40. The van der Waals surface area contributed by atoms with E-state index >= 15 is 0 Å². The van der Waals surface area contributed by atoms with Crippen LogP contribution in [-0.2, 0) is 0 Å². The highest BCUT2D eigenvalue weighted by atomic mass is 79.9. The molecule has 0 saturated heterocycles. The van der Waals surface area contributed by atoms with E-state index in [4.69, 9.17) is 5.73 Å². The number of thiophene rings is 1. The highest BCUT2D eigenvalue weighted by molar-refractivity contribution is 9.10. The molecule has 0 bridgehead atoms. The maximum absolute atomic E-state index is 9.57. The largest absolute Gasteiger partial charge is 0.388 e. The van der Waals surface area contributed by atoms with Gasteiger partial charge in [-0.1, -0.05) is 0 Å². The van der Waals surface area contributed by atoms with Crippen LogP contribution in [0.15, 0.2) is 10.5 Å². The Hall–Kier alpha value is 0.100. The predicted octanol–water partition coefficient (Wildman–Crippen LogP) is 2.20. The van der Waals surface area contributed by atoms with E-state index < -0.39 is 6.10 Å². The monoisotopic (exact) mass is 249 g/mol. The lowest BCUT2D eigenvalue weighted by molar-refractivity contribution is 0.174. The Morgan fingerprint density at radius 1 is 1.75 bits per heavy atom. The molecule has 1 heterocycles. The van der Waals surface area contributed by atoms with Crippen LogP contribution in [0.25, 0.3) is 0 Å². The first-order chi connectivity index (χ1) is 5.65. The van der Waals surface area contributed by atoms with E-state index in [1.54, 1.807) is 11.3 Å². The van der Waals surface area contributed by atoms with Crippen molar-refractivity contribution in [1.29, 1.82) is 0 Å². The van der Waals surface area contributed by atoms with Gasteiger partial charge in [-0.15, -0.1) is 11.3 Å². The van der Waals surface area contributed by atoms with Gasteiger partial charge in [-0.2, -0.15) is 0 Å². The minimum Gasteiger partial charge on any atom is -0.388 e. The molecule has 0 aliphatic carbocycles. The second-order valence-electron chi connectivity index (χ2n) is 2.65. The van der Waals surface area contributed by atoms with Crippen LogP contribution in [0.4, 0.5) is 0 Å². The zero-order valence-electron chi connectivity index (χ0n) is 6.88. The second kappa shape index (κ2) is 4.37. The zero-order chi connectivity index (χ0) is 9.14. The number of aliphatic hydroxyl groups excluding tert-OH is 1. The summed E-state index contributed by atoms with van der Waals surface area (Å²) in [5.74, 6) is 0. The van der Waals surface area contributed by atoms with Crippen molar-refractivity contribution in [3.05, 3.63) is 20.3 Å². The molecule has 1 aromatic rings. The molecule has 2 nitrogen and oxygen atoms in total. The zero-order valence-corrected chi connectivity index (χ0v) is 9.28. The molecule has 1 rings (SSSR count). The highest BCUT2D eigenvalue weighted by Gasteiger charge is 2.10. The third kappa shape index (κ3) is 2.29. The normalized spacial score (nSPS) is 13.3. The van der Waals surface area contributed by atoms with E-state index in [0.717, 1.165) is 9.35 Å². The van der Waals surface area contributed by atoms with Crippen LogP contribution in [0.5, 0.6) is 0 Å². The summed E-state index contributed by atoms with van der Waals surface area (Å²) >= 11 is 5.01. The van der Waals surface area contributed by atoms with Gasteiger partial charge in [0, 0.05) is 14.2 Å². The summed E-state index contributed by atoms with van der Waals surface area (Å²) < 4.78 is 1.07. The van der Waals surface area contributed by atoms with Crippen LogP contribution < -0.4 is 5.73 Å². The van der Waals surface area contributed by atoms with Crippen molar-refractivity contribution in [2.45, 2.75) is 19.4 Å². The van der Waals surface area contributed by atoms with Crippen molar-refractivity contribution in [3.63, 3.8) is 0 Å². The Morgan fingerprint density at radius 3 is 2.83 bits per heavy atom. The molecular weight excluding hydrogens is 238 g/mol. The summed E-state index contributed by atoms with van der Waals surface area (Å²) in [6, 6.07) is 1.96. The molecule has 3 N–H and O–H groups in total. The highest BCUT2D eigenvalue weighted by Crippen LogP contribution is 2.31. The Morgan fingerprint density at radius 2 is 2.42 bits per heavy atom. The summed E-state index contributed by atoms with van der Waals surface area (Å²) in [6.07, 6.45) is 0.233. The van der Waals surface area contributed by atoms with Crippen LogP contribution in [0.3, 0.4) is 0 Å². The molecule has 4 heteroatoms. The fraction of sp³-hybridized carbons (Fsp3) is 0.500. The fourth-order valence-electron chi connectivity index (χ4n) is 0.946. The van der Waals surface area contributed by atoms with Crippen molar-refractivity contribution in [2.24, 2.45) is 5.73 Å². The molecule has 12 heavy (non-hydrogen) atoms. The van der Waals surface area contributed by atoms with E-state index in [1.807, 2.05) is 13.0 Å². The van der Waals surface area contributed by atoms with E-state index in [1.165, 1.54) is 4.88 Å². The third-order valence-electron chi connectivity index (χ3n) is 1.64. The van der Waals surface area contributed by atoms with Gasteiger partial charge in [0.05, 0.1) is 6.10 Å². The van der Waals surface area contributed by atoms with Crippen LogP contribution in [0, 0.1) is 6.92 Å². The van der Waals surface area contributed by atoms with Crippen LogP contribution >= 0.6 is 27.3 Å². The van der Waals surface area contributed by atoms with Crippen LogP contribution in [0.1, 0.15) is 22.3 Å². The van der Waals surface area contributed by atoms with Crippen LogP contribution in [0.2, 0.25) is 0 Å². The predicted molar refractivity (Wildman–Crippen MR) is 55.4 cm³/mol. The minimum absolute atomic E-state index is 0.398. The number of rotatable bonds is 3. The quantitative estimate of drug-likeness (QED) is 0.863. The number of hydrogen-bond donors (Lipinski definition) is 2. The van der Waals surface area contributed by atoms with Crippen molar-refractivity contribution < 1.29 is 5.11 Å². The van der Waals surface area contributed by atoms with Gasteiger partial charge >= 0.3 is 0 Å². The number of hydrogen-bond acceptors (Lipinski definition) is 3. The van der Waals surface area contributed by atoms with Gasteiger partial charge in [0.1, 0.15) is 0 Å². The Balaban J connectivity index is 2.74. The third-order valence-corrected chi connectivity index (χ3v) is 3.88. The molecule has 68 valence electrons. The number of halogens is 1. The van der Waals surface area contributed by atoms with Gasteiger partial charge in [-0.25, -0.2) is 0 Å². The topological polar surface area (TPSA) is 46.2 Å². The smallest absolute Gasteiger partial charge is 0.0894 e. The minimum atomic E-state index is -0.398. The summed E-state index contributed by atoms with van der Waals surface area (Å²) in [6.45, 7) is 2.54. The molecule has 0 aliphatic heterocycles. The van der Waals surface area contributed by atoms with E-state index in [0.29, 0.717) is 13.0 Å². The average Bonchev–Trinajstić information content (AvgIpc) is 2.33.